The second-order valence-electron chi connectivity index (χ2n) is 3.54. The molecule has 0 bridgehead atoms. The van der Waals surface area contributed by atoms with Gasteiger partial charge >= 0.3 is 0 Å². The van der Waals surface area contributed by atoms with E-state index in [1.54, 1.807) is 13.0 Å². The molecular formula is C11H14BrNO2. The third kappa shape index (κ3) is 3.32. The zero-order valence-electron chi connectivity index (χ0n) is 8.75. The lowest BCUT2D eigenvalue weighted by Gasteiger charge is -2.11. The monoisotopic (exact) mass is 271 g/mol. The van der Waals surface area contributed by atoms with Crippen molar-refractivity contribution >= 4 is 21.8 Å². The molecule has 3 nitrogen and oxygen atoms in total. The average Bonchev–Trinajstić information content (AvgIpc) is 2.17. The summed E-state index contributed by atoms with van der Waals surface area (Å²) < 4.78 is 0.769. The summed E-state index contributed by atoms with van der Waals surface area (Å²) in [6.07, 6.45) is 0. The van der Waals surface area contributed by atoms with Crippen LogP contribution in [0.15, 0.2) is 22.7 Å². The lowest BCUT2D eigenvalue weighted by molar-refractivity contribution is 0.0921. The fourth-order valence-corrected chi connectivity index (χ4v) is 1.82. The summed E-state index contributed by atoms with van der Waals surface area (Å²) in [5.74, 6) is -0.177. The van der Waals surface area contributed by atoms with Crippen LogP contribution in [0.2, 0.25) is 0 Å². The van der Waals surface area contributed by atoms with Crippen LogP contribution in [0.25, 0.3) is 0 Å². The Morgan fingerprint density at radius 2 is 2.27 bits per heavy atom. The number of hydrogen-bond acceptors (Lipinski definition) is 2. The van der Waals surface area contributed by atoms with Gasteiger partial charge in [-0.05, 0) is 47.5 Å². The van der Waals surface area contributed by atoms with Gasteiger partial charge in [-0.2, -0.15) is 0 Å². The van der Waals surface area contributed by atoms with E-state index in [9.17, 15) is 4.79 Å². The van der Waals surface area contributed by atoms with E-state index in [-0.39, 0.29) is 18.6 Å². The molecule has 0 spiro atoms. The zero-order chi connectivity index (χ0) is 11.4. The van der Waals surface area contributed by atoms with E-state index >= 15 is 0 Å². The Bertz CT molecular complexity index is 366. The van der Waals surface area contributed by atoms with Crippen molar-refractivity contribution in [2.24, 2.45) is 0 Å². The normalized spacial score (nSPS) is 12.3. The van der Waals surface area contributed by atoms with Crippen LogP contribution in [-0.4, -0.2) is 23.7 Å². The predicted molar refractivity (Wildman–Crippen MR) is 62.9 cm³/mol. The highest BCUT2D eigenvalue weighted by Crippen LogP contribution is 2.18. The quantitative estimate of drug-likeness (QED) is 0.882. The van der Waals surface area contributed by atoms with Gasteiger partial charge < -0.3 is 10.4 Å². The van der Waals surface area contributed by atoms with Gasteiger partial charge in [0.05, 0.1) is 12.2 Å². The van der Waals surface area contributed by atoms with Crippen LogP contribution in [-0.2, 0) is 0 Å². The molecule has 15 heavy (non-hydrogen) atoms. The topological polar surface area (TPSA) is 49.3 Å². The summed E-state index contributed by atoms with van der Waals surface area (Å²) in [6.45, 7) is 3.65. The molecule has 0 saturated carbocycles. The minimum atomic E-state index is -0.231. The Morgan fingerprint density at radius 1 is 1.60 bits per heavy atom. The first-order valence-corrected chi connectivity index (χ1v) is 5.51. The molecule has 4 heteroatoms. The van der Waals surface area contributed by atoms with E-state index in [0.29, 0.717) is 5.56 Å². The van der Waals surface area contributed by atoms with E-state index in [2.05, 4.69) is 21.2 Å². The van der Waals surface area contributed by atoms with Gasteiger partial charge in [-0.1, -0.05) is 6.07 Å². The van der Waals surface area contributed by atoms with Gasteiger partial charge in [0.25, 0.3) is 5.91 Å². The molecule has 0 aromatic heterocycles. The number of aliphatic hydroxyl groups is 1. The van der Waals surface area contributed by atoms with Crippen molar-refractivity contribution in [2.45, 2.75) is 19.9 Å². The highest BCUT2D eigenvalue weighted by Gasteiger charge is 2.11. The molecule has 1 unspecified atom stereocenters. The fraction of sp³-hybridized carbons (Fsp3) is 0.364. The van der Waals surface area contributed by atoms with Crippen molar-refractivity contribution in [1.29, 1.82) is 0 Å². The molecule has 0 radical (unpaired) electrons. The van der Waals surface area contributed by atoms with Crippen molar-refractivity contribution in [3.05, 3.63) is 33.8 Å². The number of carbonyl (C=O) groups excluding carboxylic acids is 1. The molecule has 1 atom stereocenters. The van der Waals surface area contributed by atoms with E-state index in [4.69, 9.17) is 5.11 Å². The summed E-state index contributed by atoms with van der Waals surface area (Å²) in [7, 11) is 0. The van der Waals surface area contributed by atoms with Crippen LogP contribution in [0, 0.1) is 6.92 Å². The van der Waals surface area contributed by atoms with Crippen molar-refractivity contribution < 1.29 is 9.90 Å². The summed E-state index contributed by atoms with van der Waals surface area (Å²) >= 11 is 3.34. The minimum Gasteiger partial charge on any atom is -0.394 e. The molecule has 1 amide bonds. The standard InChI is InChI=1S/C11H14BrNO2/c1-7-3-4-9(10(12)5-7)11(15)13-8(2)6-14/h3-5,8,14H,6H2,1-2H3,(H,13,15). The molecule has 0 heterocycles. The van der Waals surface area contributed by atoms with Crippen LogP contribution in [0.1, 0.15) is 22.8 Å². The third-order valence-electron chi connectivity index (χ3n) is 2.02. The summed E-state index contributed by atoms with van der Waals surface area (Å²) in [5, 5.41) is 11.5. The van der Waals surface area contributed by atoms with Crippen LogP contribution >= 0.6 is 15.9 Å². The van der Waals surface area contributed by atoms with Crippen molar-refractivity contribution in [3.8, 4) is 0 Å². The maximum absolute atomic E-state index is 11.7. The molecule has 0 saturated heterocycles. The molecule has 82 valence electrons. The van der Waals surface area contributed by atoms with Crippen molar-refractivity contribution in [2.75, 3.05) is 6.61 Å². The predicted octanol–water partition coefficient (Wildman–Crippen LogP) is 1.87. The van der Waals surface area contributed by atoms with Gasteiger partial charge in [0.1, 0.15) is 0 Å². The molecule has 0 aliphatic heterocycles. The second kappa shape index (κ2) is 5.28. The van der Waals surface area contributed by atoms with E-state index in [0.717, 1.165) is 10.0 Å². The Kier molecular flexibility index (Phi) is 4.29. The first-order chi connectivity index (χ1) is 7.04. The minimum absolute atomic E-state index is 0.0603. The Balaban J connectivity index is 2.82. The Hall–Kier alpha value is -0.870. The number of amides is 1. The molecule has 1 aromatic carbocycles. The first-order valence-electron chi connectivity index (χ1n) is 4.72. The van der Waals surface area contributed by atoms with Gasteiger partial charge in [0, 0.05) is 10.5 Å². The number of hydrogen-bond donors (Lipinski definition) is 2. The lowest BCUT2D eigenvalue weighted by atomic mass is 10.1. The van der Waals surface area contributed by atoms with Crippen LogP contribution in [0.3, 0.4) is 0 Å². The number of rotatable bonds is 3. The Morgan fingerprint density at radius 3 is 2.80 bits per heavy atom. The summed E-state index contributed by atoms with van der Waals surface area (Å²) in [5.41, 5.74) is 1.68. The number of benzene rings is 1. The van der Waals surface area contributed by atoms with Gasteiger partial charge in [-0.3, -0.25) is 4.79 Å². The zero-order valence-corrected chi connectivity index (χ0v) is 10.3. The molecule has 0 aliphatic rings. The highest BCUT2D eigenvalue weighted by atomic mass is 79.9. The second-order valence-corrected chi connectivity index (χ2v) is 4.39. The van der Waals surface area contributed by atoms with Gasteiger partial charge in [0.2, 0.25) is 0 Å². The van der Waals surface area contributed by atoms with Crippen molar-refractivity contribution in [3.63, 3.8) is 0 Å². The number of aliphatic hydroxyl groups excluding tert-OH is 1. The molecule has 0 fully saturated rings. The molecule has 1 aromatic rings. The van der Waals surface area contributed by atoms with E-state index in [1.807, 2.05) is 19.1 Å². The van der Waals surface area contributed by atoms with Crippen LogP contribution in [0.4, 0.5) is 0 Å². The fourth-order valence-electron chi connectivity index (χ4n) is 1.15. The maximum Gasteiger partial charge on any atom is 0.252 e. The van der Waals surface area contributed by atoms with Crippen LogP contribution in [0.5, 0.6) is 0 Å². The first kappa shape index (κ1) is 12.2. The molecule has 0 aliphatic carbocycles. The van der Waals surface area contributed by atoms with Crippen LogP contribution < -0.4 is 5.32 Å². The van der Waals surface area contributed by atoms with Gasteiger partial charge in [0.15, 0.2) is 0 Å². The summed E-state index contributed by atoms with van der Waals surface area (Å²) in [6, 6.07) is 5.30. The molecular weight excluding hydrogens is 258 g/mol. The molecule has 2 N–H and O–H groups in total. The number of carbonyl (C=O) groups is 1. The molecule has 1 rings (SSSR count). The van der Waals surface area contributed by atoms with E-state index in [1.165, 1.54) is 0 Å². The van der Waals surface area contributed by atoms with Crippen molar-refractivity contribution in [1.82, 2.24) is 5.32 Å². The van der Waals surface area contributed by atoms with E-state index < -0.39 is 0 Å². The maximum atomic E-state index is 11.7. The number of halogens is 1. The summed E-state index contributed by atoms with van der Waals surface area (Å²) in [4.78, 5) is 11.7. The SMILES string of the molecule is Cc1ccc(C(=O)NC(C)CO)c(Br)c1. The average molecular weight is 272 g/mol. The third-order valence-corrected chi connectivity index (χ3v) is 2.68. The Labute approximate surface area is 97.6 Å². The number of aryl methyl sites for hydroxylation is 1. The highest BCUT2D eigenvalue weighted by molar-refractivity contribution is 9.10. The largest absolute Gasteiger partial charge is 0.394 e. The van der Waals surface area contributed by atoms with Gasteiger partial charge in [-0.25, -0.2) is 0 Å². The van der Waals surface area contributed by atoms with Gasteiger partial charge in [-0.15, -0.1) is 0 Å². The smallest absolute Gasteiger partial charge is 0.252 e. The lowest BCUT2D eigenvalue weighted by Crippen LogP contribution is -2.35. The number of nitrogens with one attached hydrogen (secondary N) is 1.